The van der Waals surface area contributed by atoms with Gasteiger partial charge in [-0.2, -0.15) is 9.78 Å². The molecule has 1 N–H and O–H groups in total. The van der Waals surface area contributed by atoms with Crippen molar-refractivity contribution in [3.8, 4) is 5.69 Å². The van der Waals surface area contributed by atoms with E-state index in [0.717, 1.165) is 20.5 Å². The molecule has 10 heteroatoms. The Morgan fingerprint density at radius 3 is 2.66 bits per heavy atom. The number of fused-ring (bicyclic) bond motifs is 1. The van der Waals surface area contributed by atoms with Gasteiger partial charge in [-0.25, -0.2) is 9.18 Å². The smallest absolute Gasteiger partial charge is 0.359 e. The Morgan fingerprint density at radius 1 is 1.22 bits per heavy atom. The van der Waals surface area contributed by atoms with E-state index in [1.165, 1.54) is 24.3 Å². The van der Waals surface area contributed by atoms with E-state index >= 15 is 0 Å². The summed E-state index contributed by atoms with van der Waals surface area (Å²) in [7, 11) is 0. The molecule has 0 aliphatic rings. The Balaban J connectivity index is 1.88. The first kappa shape index (κ1) is 21.8. The van der Waals surface area contributed by atoms with Crippen molar-refractivity contribution in [2.45, 2.75) is 6.92 Å². The van der Waals surface area contributed by atoms with Crippen LogP contribution in [0.5, 0.6) is 0 Å². The third-order valence-corrected chi connectivity index (χ3v) is 5.89. The molecule has 0 aliphatic carbocycles. The van der Waals surface area contributed by atoms with Crippen LogP contribution in [0.15, 0.2) is 63.2 Å². The molecule has 2 aromatic carbocycles. The van der Waals surface area contributed by atoms with Crippen molar-refractivity contribution in [3.05, 3.63) is 85.8 Å². The number of aromatic nitrogens is 2. The highest BCUT2D eigenvalue weighted by Crippen LogP contribution is 2.31. The normalized spacial score (nSPS) is 10.8. The molecule has 32 heavy (non-hydrogen) atoms. The largest absolute Gasteiger partial charge is 0.461 e. The molecule has 0 saturated heterocycles. The Kier molecular flexibility index (Phi) is 6.15. The first-order chi connectivity index (χ1) is 15.4. The van der Waals surface area contributed by atoms with Gasteiger partial charge in [-0.05, 0) is 49.4 Å². The maximum Gasteiger partial charge on any atom is 0.359 e. The van der Waals surface area contributed by atoms with Gasteiger partial charge < -0.3 is 10.1 Å². The molecule has 0 unspecified atom stereocenters. The number of amides is 1. The van der Waals surface area contributed by atoms with E-state index in [1.54, 1.807) is 36.6 Å². The Labute approximate surface area is 193 Å². The lowest BCUT2D eigenvalue weighted by molar-refractivity contribution is 0.0520. The van der Waals surface area contributed by atoms with Gasteiger partial charge in [0, 0.05) is 20.8 Å². The van der Waals surface area contributed by atoms with Crippen LogP contribution >= 0.6 is 27.3 Å². The average molecular weight is 516 g/mol. The van der Waals surface area contributed by atoms with Gasteiger partial charge >= 0.3 is 5.97 Å². The van der Waals surface area contributed by atoms with Gasteiger partial charge in [0.25, 0.3) is 11.5 Å². The van der Waals surface area contributed by atoms with Crippen LogP contribution in [-0.4, -0.2) is 28.3 Å². The number of hydrogen-bond acceptors (Lipinski definition) is 6. The van der Waals surface area contributed by atoms with Gasteiger partial charge in [0.1, 0.15) is 10.8 Å². The first-order valence-electron chi connectivity index (χ1n) is 9.43. The standard InChI is InChI=1S/C22H15BrFN3O4S/c1-2-31-22(30)18-16-11-32-20(25-19(28)12-4-3-5-13(23)10-12)17(16)21(29)27(26-18)15-8-6-14(24)7-9-15/h3-11H,2H2,1H3,(H,25,28). The number of benzene rings is 2. The van der Waals surface area contributed by atoms with E-state index in [1.807, 2.05) is 0 Å². The number of carbonyl (C=O) groups excluding carboxylic acids is 2. The lowest BCUT2D eigenvalue weighted by atomic mass is 10.2. The minimum absolute atomic E-state index is 0.0787. The summed E-state index contributed by atoms with van der Waals surface area (Å²) in [6.07, 6.45) is 0. The van der Waals surface area contributed by atoms with Gasteiger partial charge in [0.15, 0.2) is 5.69 Å². The van der Waals surface area contributed by atoms with Crippen molar-refractivity contribution in [2.24, 2.45) is 0 Å². The number of thiophene rings is 1. The van der Waals surface area contributed by atoms with Crippen LogP contribution in [0.2, 0.25) is 0 Å². The molecule has 0 saturated carbocycles. The number of anilines is 1. The summed E-state index contributed by atoms with van der Waals surface area (Å²) < 4.78 is 20.2. The van der Waals surface area contributed by atoms with E-state index < -0.39 is 23.3 Å². The lowest BCUT2D eigenvalue weighted by Crippen LogP contribution is -2.25. The second-order valence-corrected chi connectivity index (χ2v) is 8.38. The molecule has 4 aromatic rings. The third kappa shape index (κ3) is 4.19. The number of hydrogen-bond donors (Lipinski definition) is 1. The summed E-state index contributed by atoms with van der Waals surface area (Å²) in [4.78, 5) is 38.6. The van der Waals surface area contributed by atoms with E-state index in [9.17, 15) is 18.8 Å². The van der Waals surface area contributed by atoms with Gasteiger partial charge in [-0.3, -0.25) is 9.59 Å². The Morgan fingerprint density at radius 2 is 1.97 bits per heavy atom. The number of ether oxygens (including phenoxy) is 1. The number of esters is 1. The van der Waals surface area contributed by atoms with Crippen molar-refractivity contribution in [1.29, 1.82) is 0 Å². The van der Waals surface area contributed by atoms with E-state index in [2.05, 4.69) is 26.3 Å². The predicted octanol–water partition coefficient (Wildman–Crippen LogP) is 4.78. The highest BCUT2D eigenvalue weighted by atomic mass is 79.9. The van der Waals surface area contributed by atoms with Gasteiger partial charge in [-0.15, -0.1) is 11.3 Å². The summed E-state index contributed by atoms with van der Waals surface area (Å²) >= 11 is 4.42. The Hall–Kier alpha value is -3.37. The molecule has 4 rings (SSSR count). The fourth-order valence-electron chi connectivity index (χ4n) is 3.05. The van der Waals surface area contributed by atoms with Crippen molar-refractivity contribution >= 4 is 54.9 Å². The molecule has 7 nitrogen and oxygen atoms in total. The molecule has 2 heterocycles. The third-order valence-electron chi connectivity index (χ3n) is 4.51. The fraction of sp³-hybridized carbons (Fsp3) is 0.0909. The summed E-state index contributed by atoms with van der Waals surface area (Å²) in [5.41, 5.74) is 0.00852. The van der Waals surface area contributed by atoms with Crippen molar-refractivity contribution in [1.82, 2.24) is 9.78 Å². The molecule has 162 valence electrons. The van der Waals surface area contributed by atoms with Crippen LogP contribution in [0.1, 0.15) is 27.8 Å². The highest BCUT2D eigenvalue weighted by Gasteiger charge is 2.23. The molecule has 0 bridgehead atoms. The van der Waals surface area contributed by atoms with Gasteiger partial charge in [0.05, 0.1) is 17.7 Å². The van der Waals surface area contributed by atoms with E-state index in [0.29, 0.717) is 5.56 Å². The number of nitrogens with one attached hydrogen (secondary N) is 1. The summed E-state index contributed by atoms with van der Waals surface area (Å²) in [6.45, 7) is 1.77. The average Bonchev–Trinajstić information content (AvgIpc) is 3.19. The molecular weight excluding hydrogens is 501 g/mol. The summed E-state index contributed by atoms with van der Waals surface area (Å²) in [5, 5.41) is 9.13. The SMILES string of the molecule is CCOC(=O)c1nn(-c2ccc(F)cc2)c(=O)c2c(NC(=O)c3cccc(Br)c3)scc12. The van der Waals surface area contributed by atoms with Crippen LogP contribution < -0.4 is 10.9 Å². The van der Waals surface area contributed by atoms with Crippen LogP contribution in [-0.2, 0) is 4.74 Å². The fourth-order valence-corrected chi connectivity index (χ4v) is 4.39. The molecule has 0 spiro atoms. The molecule has 0 radical (unpaired) electrons. The minimum Gasteiger partial charge on any atom is -0.461 e. The van der Waals surface area contributed by atoms with Gasteiger partial charge in [-0.1, -0.05) is 22.0 Å². The minimum atomic E-state index is -0.712. The zero-order valence-corrected chi connectivity index (χ0v) is 19.0. The van der Waals surface area contributed by atoms with Gasteiger partial charge in [0.2, 0.25) is 0 Å². The van der Waals surface area contributed by atoms with Crippen molar-refractivity contribution in [3.63, 3.8) is 0 Å². The molecule has 0 atom stereocenters. The number of halogens is 2. The van der Waals surface area contributed by atoms with Crippen molar-refractivity contribution in [2.75, 3.05) is 11.9 Å². The molecule has 2 aromatic heterocycles. The second kappa shape index (κ2) is 9.01. The Bertz CT molecular complexity index is 1400. The predicted molar refractivity (Wildman–Crippen MR) is 123 cm³/mol. The number of carbonyl (C=O) groups is 2. The number of rotatable bonds is 5. The van der Waals surface area contributed by atoms with E-state index in [-0.39, 0.29) is 33.8 Å². The molecule has 1 amide bonds. The van der Waals surface area contributed by atoms with Crippen LogP contribution in [0.3, 0.4) is 0 Å². The van der Waals surface area contributed by atoms with E-state index in [4.69, 9.17) is 4.74 Å². The maximum atomic E-state index is 13.4. The quantitative estimate of drug-likeness (QED) is 0.386. The molecule has 0 aliphatic heterocycles. The highest BCUT2D eigenvalue weighted by molar-refractivity contribution is 9.10. The molecular formula is C22H15BrFN3O4S. The zero-order chi connectivity index (χ0) is 22.8. The lowest BCUT2D eigenvalue weighted by Gasteiger charge is -2.10. The maximum absolute atomic E-state index is 13.4. The summed E-state index contributed by atoms with van der Waals surface area (Å²) in [6, 6.07) is 11.9. The monoisotopic (exact) mass is 515 g/mol. The summed E-state index contributed by atoms with van der Waals surface area (Å²) in [5.74, 6) is -1.61. The second-order valence-electron chi connectivity index (χ2n) is 6.58. The van der Waals surface area contributed by atoms with Crippen LogP contribution in [0.4, 0.5) is 9.39 Å². The van der Waals surface area contributed by atoms with Crippen LogP contribution in [0.25, 0.3) is 16.5 Å². The topological polar surface area (TPSA) is 90.3 Å². The van der Waals surface area contributed by atoms with Crippen LogP contribution in [0, 0.1) is 5.82 Å². The molecule has 0 fully saturated rings. The number of nitrogens with zero attached hydrogens (tertiary/aromatic N) is 2. The van der Waals surface area contributed by atoms with Crippen molar-refractivity contribution < 1.29 is 18.7 Å². The zero-order valence-electron chi connectivity index (χ0n) is 16.6. The first-order valence-corrected chi connectivity index (χ1v) is 11.1.